The number of urea groups is 1. The smallest absolute Gasteiger partial charge is 0.317 e. The van der Waals surface area contributed by atoms with Crippen molar-refractivity contribution in [3.8, 4) is 28.3 Å². The van der Waals surface area contributed by atoms with E-state index in [9.17, 15) is 9.59 Å². The molecule has 0 saturated carbocycles. The van der Waals surface area contributed by atoms with Crippen molar-refractivity contribution in [3.63, 3.8) is 0 Å². The number of carbonyl (C=O) groups excluding carboxylic acids is 1. The minimum atomic E-state index is -0.223. The predicted octanol–water partition coefficient (Wildman–Crippen LogP) is 6.27. The van der Waals surface area contributed by atoms with Gasteiger partial charge in [0.25, 0.3) is 5.56 Å². The van der Waals surface area contributed by atoms with Crippen molar-refractivity contribution < 1.29 is 14.3 Å². The molecule has 2 aromatic carbocycles. The Morgan fingerprint density at radius 1 is 1.06 bits per heavy atom. The van der Waals surface area contributed by atoms with Crippen molar-refractivity contribution in [2.75, 3.05) is 52.3 Å². The molecular formula is C40H43ClN8O4. The molecule has 2 fully saturated rings. The molecule has 5 aromatic rings. The summed E-state index contributed by atoms with van der Waals surface area (Å²) >= 11 is 7.27. The largest absolute Gasteiger partial charge is 0.481 e. The van der Waals surface area contributed by atoms with Crippen LogP contribution in [-0.4, -0.2) is 88.1 Å². The molecule has 5 heterocycles. The van der Waals surface area contributed by atoms with E-state index in [-0.39, 0.29) is 23.2 Å². The van der Waals surface area contributed by atoms with Gasteiger partial charge in [-0.2, -0.15) is 5.10 Å². The normalized spacial score (nSPS) is 19.9. The average molecular weight is 735 g/mol. The predicted molar refractivity (Wildman–Crippen MR) is 206 cm³/mol. The summed E-state index contributed by atoms with van der Waals surface area (Å²) < 4.78 is 12.5. The molecule has 0 bridgehead atoms. The number of amides is 2. The highest BCUT2D eigenvalue weighted by molar-refractivity contribution is 6.36. The number of aromatic nitrogens is 4. The van der Waals surface area contributed by atoms with Crippen molar-refractivity contribution >= 4 is 39.9 Å². The molecule has 1 aliphatic carbocycles. The Hall–Kier alpha value is -5.04. The second-order valence-electron chi connectivity index (χ2n) is 14.3. The van der Waals surface area contributed by atoms with E-state index in [1.54, 1.807) is 39.7 Å². The number of benzene rings is 2. The number of carbonyl (C=O) groups is 1. The lowest BCUT2D eigenvalue weighted by molar-refractivity contribution is 0.114. The average Bonchev–Trinajstić information content (AvgIpc) is 3.78. The van der Waals surface area contributed by atoms with Gasteiger partial charge < -0.3 is 25.0 Å². The van der Waals surface area contributed by atoms with Gasteiger partial charge in [0.1, 0.15) is 5.82 Å². The zero-order valence-corrected chi connectivity index (χ0v) is 31.2. The Bertz CT molecular complexity index is 2300. The quantitative estimate of drug-likeness (QED) is 0.180. The number of hydrogen-bond acceptors (Lipinski definition) is 9. The maximum atomic E-state index is 13.0. The molecule has 3 aromatic heterocycles. The maximum absolute atomic E-state index is 13.0. The Morgan fingerprint density at radius 2 is 1.85 bits per heavy atom. The summed E-state index contributed by atoms with van der Waals surface area (Å²) in [6.45, 7) is 5.61. The summed E-state index contributed by atoms with van der Waals surface area (Å²) in [6.07, 6.45) is 7.03. The number of likely N-dealkylation sites (tertiary alicyclic amines) is 1. The van der Waals surface area contributed by atoms with Crippen LogP contribution in [0.2, 0.25) is 5.02 Å². The van der Waals surface area contributed by atoms with Gasteiger partial charge in [-0.3, -0.25) is 9.69 Å². The number of methoxy groups -OCH3 is 2. The van der Waals surface area contributed by atoms with Crippen LogP contribution in [0.15, 0.2) is 65.7 Å². The molecule has 2 aliphatic heterocycles. The zero-order chi connectivity index (χ0) is 36.9. The minimum Gasteiger partial charge on any atom is -0.481 e. The third-order valence-electron chi connectivity index (χ3n) is 11.2. The molecule has 0 unspecified atom stereocenters. The number of ether oxygens (including phenoxy) is 2. The Morgan fingerprint density at radius 3 is 2.66 bits per heavy atom. The molecule has 0 radical (unpaired) electrons. The summed E-state index contributed by atoms with van der Waals surface area (Å²) in [4.78, 5) is 39.9. The molecule has 13 heteroatoms. The number of hydrogen-bond donors (Lipinski definition) is 2. The van der Waals surface area contributed by atoms with E-state index in [1.165, 1.54) is 10.2 Å². The lowest BCUT2D eigenvalue weighted by Crippen LogP contribution is -2.61. The first-order chi connectivity index (χ1) is 25.7. The third kappa shape index (κ3) is 6.28. The van der Waals surface area contributed by atoms with E-state index in [1.807, 2.05) is 48.2 Å². The topological polar surface area (TPSA) is 127 Å². The van der Waals surface area contributed by atoms with Gasteiger partial charge in [-0.05, 0) is 67.5 Å². The number of nitrogens with zero attached hydrogens (tertiary/aromatic N) is 6. The summed E-state index contributed by atoms with van der Waals surface area (Å²) in [6, 6.07) is 16.1. The zero-order valence-electron chi connectivity index (χ0n) is 30.4. The maximum Gasteiger partial charge on any atom is 0.317 e. The molecule has 2 saturated heterocycles. The van der Waals surface area contributed by atoms with Crippen molar-refractivity contribution in [1.29, 1.82) is 0 Å². The number of fused-ring (bicyclic) bond motifs is 2. The lowest BCUT2D eigenvalue weighted by atomic mass is 9.92. The van der Waals surface area contributed by atoms with Crippen LogP contribution in [0.1, 0.15) is 42.0 Å². The van der Waals surface area contributed by atoms with Gasteiger partial charge in [-0.1, -0.05) is 41.9 Å². The molecule has 274 valence electrons. The van der Waals surface area contributed by atoms with E-state index in [0.29, 0.717) is 40.6 Å². The van der Waals surface area contributed by atoms with Gasteiger partial charge in [-0.25, -0.2) is 19.4 Å². The van der Waals surface area contributed by atoms with Gasteiger partial charge in [0.05, 0.1) is 41.6 Å². The number of rotatable bonds is 9. The summed E-state index contributed by atoms with van der Waals surface area (Å²) in [5.41, 5.74) is 7.07. The molecule has 3 aliphatic rings. The fourth-order valence-corrected chi connectivity index (χ4v) is 8.67. The van der Waals surface area contributed by atoms with Crippen LogP contribution in [0.3, 0.4) is 0 Å². The molecule has 2 atom stereocenters. The lowest BCUT2D eigenvalue weighted by Gasteiger charge is -2.40. The minimum absolute atomic E-state index is 0.00478. The Kier molecular flexibility index (Phi) is 9.30. The van der Waals surface area contributed by atoms with Crippen LogP contribution >= 0.6 is 11.6 Å². The molecule has 2 amide bonds. The van der Waals surface area contributed by atoms with E-state index in [4.69, 9.17) is 26.1 Å². The number of aryl methyl sites for hydroxylation is 2. The summed E-state index contributed by atoms with van der Waals surface area (Å²) in [5.74, 6) is 1.09. The first kappa shape index (κ1) is 35.0. The summed E-state index contributed by atoms with van der Waals surface area (Å²) in [5, 5.41) is 12.7. The fourth-order valence-electron chi connectivity index (χ4n) is 8.35. The van der Waals surface area contributed by atoms with Gasteiger partial charge >= 0.3 is 6.03 Å². The van der Waals surface area contributed by atoms with Crippen LogP contribution in [0.5, 0.6) is 5.88 Å². The molecule has 1 spiro atoms. The van der Waals surface area contributed by atoms with Crippen molar-refractivity contribution in [3.05, 3.63) is 93.0 Å². The highest BCUT2D eigenvalue weighted by atomic mass is 35.5. The van der Waals surface area contributed by atoms with Gasteiger partial charge in [-0.15, -0.1) is 0 Å². The standard InChI is InChI=1S/C40H43ClN8O4/c1-24-27(7-6-10-30(24)44-36-34-26(13-16-42-36)22-43-47(2)38(34)50)28-8-5-9-29(35(28)41)31-21-25-11-12-32(33(25)37(45-31)53-4)49-18-15-40(23-49)14-17-48(19-20-52-3)39(51)46-40/h5-10,13,16,21-22,32H,11-12,14-15,17-20,23H2,1-4H3,(H,42,44)(H,46,51)/t32-,40-/m1/s1. The molecule has 12 nitrogen and oxygen atoms in total. The molecular weight excluding hydrogens is 692 g/mol. The monoisotopic (exact) mass is 734 g/mol. The highest BCUT2D eigenvalue weighted by Crippen LogP contribution is 2.47. The second kappa shape index (κ2) is 14.1. The highest BCUT2D eigenvalue weighted by Gasteiger charge is 2.46. The third-order valence-corrected chi connectivity index (χ3v) is 11.7. The number of nitrogens with one attached hydrogen (secondary N) is 2. The van der Waals surface area contributed by atoms with E-state index < -0.39 is 0 Å². The van der Waals surface area contributed by atoms with Crippen LogP contribution in [0, 0.1) is 6.92 Å². The molecule has 2 N–H and O–H groups in total. The Labute approximate surface area is 313 Å². The van der Waals surface area contributed by atoms with Crippen molar-refractivity contribution in [1.82, 2.24) is 34.9 Å². The van der Waals surface area contributed by atoms with Gasteiger partial charge in [0, 0.05) is 80.3 Å². The van der Waals surface area contributed by atoms with Crippen LogP contribution in [0.25, 0.3) is 33.2 Å². The fraction of sp³-hybridized carbons (Fsp3) is 0.375. The van der Waals surface area contributed by atoms with E-state index >= 15 is 0 Å². The number of anilines is 2. The van der Waals surface area contributed by atoms with E-state index in [2.05, 4.69) is 31.7 Å². The number of pyridine rings is 2. The first-order valence-corrected chi connectivity index (χ1v) is 18.4. The van der Waals surface area contributed by atoms with E-state index in [0.717, 1.165) is 84.5 Å². The number of halogens is 1. The molecule has 8 rings (SSSR count). The van der Waals surface area contributed by atoms with Gasteiger partial charge in [0.2, 0.25) is 5.88 Å². The summed E-state index contributed by atoms with van der Waals surface area (Å²) in [7, 11) is 4.97. The van der Waals surface area contributed by atoms with Crippen molar-refractivity contribution in [2.45, 2.75) is 44.2 Å². The van der Waals surface area contributed by atoms with Crippen LogP contribution in [-0.2, 0) is 18.2 Å². The Balaban J connectivity index is 1.07. The van der Waals surface area contributed by atoms with Crippen molar-refractivity contribution in [2.24, 2.45) is 7.05 Å². The molecule has 53 heavy (non-hydrogen) atoms. The van der Waals surface area contributed by atoms with Crippen LogP contribution in [0.4, 0.5) is 16.3 Å². The first-order valence-electron chi connectivity index (χ1n) is 18.0. The SMILES string of the molecule is COCCN1CC[C@]2(CCN([C@@H]3CCc4cc(-c5cccc(-c6cccc(Nc7nccc8cnn(C)c(=O)c78)c6C)c5Cl)nc(OC)c43)C2)NC1=O. The second-order valence-corrected chi connectivity index (χ2v) is 14.7. The van der Waals surface area contributed by atoms with Gasteiger partial charge in [0.15, 0.2) is 0 Å². The van der Waals surface area contributed by atoms with Crippen LogP contribution < -0.4 is 20.9 Å².